The molecule has 1 aromatic heterocycles. The van der Waals surface area contributed by atoms with Crippen LogP contribution in [-0.4, -0.2) is 21.4 Å². The molecule has 0 radical (unpaired) electrons. The van der Waals surface area contributed by atoms with Gasteiger partial charge in [0.05, 0.1) is 6.04 Å². The van der Waals surface area contributed by atoms with Crippen LogP contribution in [0, 0.1) is 0 Å². The lowest BCUT2D eigenvalue weighted by atomic mass is 10.1. The van der Waals surface area contributed by atoms with Gasteiger partial charge in [0.1, 0.15) is 0 Å². The van der Waals surface area contributed by atoms with Gasteiger partial charge in [0.2, 0.25) is 0 Å². The van der Waals surface area contributed by atoms with Crippen LogP contribution < -0.4 is 11.2 Å². The van der Waals surface area contributed by atoms with E-state index >= 15 is 0 Å². The molecule has 3 rings (SSSR count). The number of hydrogen-bond acceptors (Lipinski definition) is 6. The largest absolute Gasteiger partial charge is 0.379 e. The van der Waals surface area contributed by atoms with Gasteiger partial charge in [-0.1, -0.05) is 23.7 Å². The third kappa shape index (κ3) is 2.10. The van der Waals surface area contributed by atoms with Crippen LogP contribution in [0.4, 0.5) is 5.82 Å². The first-order valence-corrected chi connectivity index (χ1v) is 6.42. The fraction of sp³-hybridized carbons (Fsp3) is 0.250. The van der Waals surface area contributed by atoms with E-state index in [4.69, 9.17) is 17.3 Å². The number of aliphatic imine (C=N–C) groups is 1. The molecule has 0 saturated carbocycles. The third-order valence-electron chi connectivity index (χ3n) is 3.31. The minimum absolute atomic E-state index is 0.0645. The van der Waals surface area contributed by atoms with E-state index < -0.39 is 0 Å². The maximum atomic E-state index is 9.21. The summed E-state index contributed by atoms with van der Waals surface area (Å²) in [5.41, 5.74) is 9.90. The van der Waals surface area contributed by atoms with Gasteiger partial charge in [0.25, 0.3) is 0 Å². The van der Waals surface area contributed by atoms with Crippen molar-refractivity contribution in [1.29, 1.82) is 0 Å². The molecular weight excluding hydrogens is 282 g/mol. The molecule has 1 aliphatic rings. The Bertz CT molecular complexity index is 670. The predicted octanol–water partition coefficient (Wildman–Crippen LogP) is 1.72. The number of nitrogens with one attached hydrogen (secondary N) is 1. The summed E-state index contributed by atoms with van der Waals surface area (Å²) >= 11 is 6.16. The average molecular weight is 294 g/mol. The number of benzene rings is 1. The van der Waals surface area contributed by atoms with Crippen LogP contribution in [0.2, 0.25) is 5.02 Å². The van der Waals surface area contributed by atoms with Crippen molar-refractivity contribution in [1.82, 2.24) is 15.8 Å². The van der Waals surface area contributed by atoms with E-state index in [-0.39, 0.29) is 23.4 Å². The lowest BCUT2D eigenvalue weighted by Gasteiger charge is -2.09. The van der Waals surface area contributed by atoms with E-state index in [0.717, 1.165) is 29.0 Å². The highest BCUT2D eigenvalue weighted by Crippen LogP contribution is 2.38. The van der Waals surface area contributed by atoms with Crippen LogP contribution in [0.1, 0.15) is 29.3 Å². The van der Waals surface area contributed by atoms with Crippen LogP contribution >= 0.6 is 11.6 Å². The summed E-state index contributed by atoms with van der Waals surface area (Å²) in [5, 5.41) is 17.0. The second-order valence-corrected chi connectivity index (χ2v) is 4.86. The number of nitrogens with zero attached hydrogens (tertiary/aromatic N) is 3. The number of nitrogens with two attached hydrogens (primary N) is 1. The first-order chi connectivity index (χ1) is 9.70. The number of aromatic nitrogens is 2. The fourth-order valence-electron chi connectivity index (χ4n) is 2.38. The van der Waals surface area contributed by atoms with Crippen molar-refractivity contribution in [3.8, 4) is 0 Å². The maximum absolute atomic E-state index is 9.21. The predicted molar refractivity (Wildman–Crippen MR) is 72.7 cm³/mol. The van der Waals surface area contributed by atoms with Crippen LogP contribution in [0.15, 0.2) is 27.8 Å². The zero-order valence-corrected chi connectivity index (χ0v) is 11.1. The lowest BCUT2D eigenvalue weighted by Crippen LogP contribution is -2.23. The summed E-state index contributed by atoms with van der Waals surface area (Å²) in [5.74, 6) is 0.191. The number of rotatable bonds is 2. The summed E-state index contributed by atoms with van der Waals surface area (Å²) in [7, 11) is 0. The molecule has 104 valence electrons. The van der Waals surface area contributed by atoms with Crippen molar-refractivity contribution in [3.63, 3.8) is 0 Å². The van der Waals surface area contributed by atoms with E-state index in [1.54, 1.807) is 0 Å². The topological polar surface area (TPSA) is 110 Å². The molecule has 0 fully saturated rings. The summed E-state index contributed by atoms with van der Waals surface area (Å²) in [4.78, 5) is 4.43. The monoisotopic (exact) mass is 293 g/mol. The van der Waals surface area contributed by atoms with Gasteiger partial charge < -0.3 is 5.73 Å². The summed E-state index contributed by atoms with van der Waals surface area (Å²) < 4.78 is 4.50. The standard InChI is InChI=1S/C12H12ClN5O2/c13-8-3-1-2-7-6(8)4-5-9(7)15-12(16-19)10-11(14)18-20-17-10/h1-3,9,19H,4-5H2,(H2,14,18)(H,15,16). The molecule has 8 heteroatoms. The molecule has 4 N–H and O–H groups in total. The Morgan fingerprint density at radius 1 is 1.50 bits per heavy atom. The van der Waals surface area contributed by atoms with Gasteiger partial charge in [-0.05, 0) is 40.3 Å². The zero-order chi connectivity index (χ0) is 14.1. The Hall–Kier alpha value is -2.12. The molecule has 1 heterocycles. The molecular formula is C12H12ClN5O2. The maximum Gasteiger partial charge on any atom is 0.199 e. The minimum atomic E-state index is -0.116. The lowest BCUT2D eigenvalue weighted by molar-refractivity contribution is 0.233. The second kappa shape index (κ2) is 5.10. The summed E-state index contributed by atoms with van der Waals surface area (Å²) in [6, 6.07) is 5.60. The van der Waals surface area contributed by atoms with E-state index in [0.29, 0.717) is 0 Å². The van der Waals surface area contributed by atoms with Crippen molar-refractivity contribution in [3.05, 3.63) is 40.0 Å². The summed E-state index contributed by atoms with van der Waals surface area (Å²) in [6.45, 7) is 0. The minimum Gasteiger partial charge on any atom is -0.379 e. The highest BCUT2D eigenvalue weighted by atomic mass is 35.5. The molecule has 20 heavy (non-hydrogen) atoms. The molecule has 1 aromatic carbocycles. The van der Waals surface area contributed by atoms with Gasteiger partial charge in [-0.3, -0.25) is 15.7 Å². The summed E-state index contributed by atoms with van der Waals surface area (Å²) in [6.07, 6.45) is 1.64. The first kappa shape index (κ1) is 12.9. The Morgan fingerprint density at radius 2 is 2.35 bits per heavy atom. The van der Waals surface area contributed by atoms with Crippen LogP contribution in [0.25, 0.3) is 0 Å². The molecule has 2 aromatic rings. The zero-order valence-electron chi connectivity index (χ0n) is 10.4. The van der Waals surface area contributed by atoms with Gasteiger partial charge >= 0.3 is 0 Å². The molecule has 0 bridgehead atoms. The van der Waals surface area contributed by atoms with E-state index in [1.165, 1.54) is 0 Å². The molecule has 0 spiro atoms. The molecule has 0 saturated heterocycles. The Labute approximate surface area is 119 Å². The van der Waals surface area contributed by atoms with Crippen molar-refractivity contribution in [2.75, 3.05) is 5.73 Å². The number of fused-ring (bicyclic) bond motifs is 1. The van der Waals surface area contributed by atoms with Gasteiger partial charge in [-0.15, -0.1) is 0 Å². The molecule has 0 amide bonds. The normalized spacial score (nSPS) is 18.1. The Kier molecular flexibility index (Phi) is 3.29. The van der Waals surface area contributed by atoms with Gasteiger partial charge in [-0.25, -0.2) is 4.63 Å². The SMILES string of the molecule is Nc1nonc1C(=NC1CCc2c(Cl)cccc21)NO. The third-order valence-corrected chi connectivity index (χ3v) is 3.67. The van der Waals surface area contributed by atoms with Crippen LogP contribution in [-0.2, 0) is 6.42 Å². The van der Waals surface area contributed by atoms with Crippen molar-refractivity contribution in [2.45, 2.75) is 18.9 Å². The molecule has 1 atom stereocenters. The number of hydrogen-bond donors (Lipinski definition) is 3. The van der Waals surface area contributed by atoms with Crippen molar-refractivity contribution in [2.24, 2.45) is 4.99 Å². The number of hydroxylamine groups is 1. The first-order valence-electron chi connectivity index (χ1n) is 6.04. The van der Waals surface area contributed by atoms with Gasteiger partial charge in [0.15, 0.2) is 17.3 Å². The van der Waals surface area contributed by atoms with E-state index in [2.05, 4.69) is 19.9 Å². The average Bonchev–Trinajstić information content (AvgIpc) is 3.04. The van der Waals surface area contributed by atoms with Gasteiger partial charge in [-0.2, -0.15) is 0 Å². The molecule has 1 unspecified atom stereocenters. The van der Waals surface area contributed by atoms with Crippen LogP contribution in [0.5, 0.6) is 0 Å². The number of amidine groups is 1. The number of nitrogen functional groups attached to an aromatic ring is 1. The highest BCUT2D eigenvalue weighted by molar-refractivity contribution is 6.31. The van der Waals surface area contributed by atoms with Crippen molar-refractivity contribution >= 4 is 23.3 Å². The second-order valence-electron chi connectivity index (χ2n) is 4.45. The highest BCUT2D eigenvalue weighted by Gasteiger charge is 2.25. The Morgan fingerprint density at radius 3 is 3.05 bits per heavy atom. The van der Waals surface area contributed by atoms with E-state index in [9.17, 15) is 5.21 Å². The smallest absolute Gasteiger partial charge is 0.199 e. The van der Waals surface area contributed by atoms with Crippen molar-refractivity contribution < 1.29 is 9.84 Å². The Balaban J connectivity index is 1.98. The van der Waals surface area contributed by atoms with Gasteiger partial charge in [0, 0.05) is 5.02 Å². The molecule has 0 aliphatic heterocycles. The number of halogens is 1. The quantitative estimate of drug-likeness (QED) is 0.442. The van der Waals surface area contributed by atoms with E-state index in [1.807, 2.05) is 23.7 Å². The molecule has 1 aliphatic carbocycles. The van der Waals surface area contributed by atoms with Crippen LogP contribution in [0.3, 0.4) is 0 Å². The molecule has 7 nitrogen and oxygen atoms in total. The fourth-order valence-corrected chi connectivity index (χ4v) is 2.66. The number of anilines is 1.